The molecular formula is C16H13ClN2O. The van der Waals surface area contributed by atoms with Crippen LogP contribution in [0, 0.1) is 22.0 Å². The molecule has 1 heterocycles. The Bertz CT molecular complexity index is 686. The highest BCUT2D eigenvalue weighted by atomic mass is 35.5. The van der Waals surface area contributed by atoms with Crippen molar-refractivity contribution >= 4 is 17.8 Å². The minimum Gasteiger partial charge on any atom is -0.619 e. The second-order valence-corrected chi connectivity index (χ2v) is 5.58. The third kappa shape index (κ3) is 2.03. The number of halogens is 1. The fourth-order valence-electron chi connectivity index (χ4n) is 2.89. The second-order valence-electron chi connectivity index (χ2n) is 5.15. The Kier molecular flexibility index (Phi) is 3.11. The molecule has 0 aromatic carbocycles. The lowest BCUT2D eigenvalue weighted by molar-refractivity contribution is -0.378. The summed E-state index contributed by atoms with van der Waals surface area (Å²) in [5, 5.41) is 21.1. The normalized spacial score (nSPS) is 27.1. The van der Waals surface area contributed by atoms with Gasteiger partial charge in [-0.3, -0.25) is 0 Å². The first-order valence-corrected chi connectivity index (χ1v) is 6.89. The number of hydrogen-bond donors (Lipinski definition) is 0. The number of allylic oxidation sites excluding steroid dienone is 9. The lowest BCUT2D eigenvalue weighted by atomic mass is 9.66. The van der Waals surface area contributed by atoms with E-state index in [0.29, 0.717) is 24.3 Å². The third-order valence-electron chi connectivity index (χ3n) is 3.90. The van der Waals surface area contributed by atoms with E-state index in [1.807, 2.05) is 18.2 Å². The second kappa shape index (κ2) is 4.81. The van der Waals surface area contributed by atoms with Crippen molar-refractivity contribution in [3.05, 3.63) is 63.5 Å². The van der Waals surface area contributed by atoms with Crippen LogP contribution >= 0.6 is 11.6 Å². The van der Waals surface area contributed by atoms with Crippen molar-refractivity contribution in [2.75, 3.05) is 0 Å². The van der Waals surface area contributed by atoms with E-state index in [9.17, 15) is 5.21 Å². The first-order chi connectivity index (χ1) is 9.64. The first kappa shape index (κ1) is 13.0. The summed E-state index contributed by atoms with van der Waals surface area (Å²) < 4.78 is 0.854. The Morgan fingerprint density at radius 2 is 2.20 bits per heavy atom. The van der Waals surface area contributed by atoms with E-state index < -0.39 is 5.41 Å². The molecule has 0 saturated carbocycles. The van der Waals surface area contributed by atoms with Crippen molar-refractivity contribution in [1.82, 2.24) is 0 Å². The third-order valence-corrected chi connectivity index (χ3v) is 4.16. The molecule has 1 unspecified atom stereocenters. The Labute approximate surface area is 122 Å². The number of rotatable bonds is 2. The summed E-state index contributed by atoms with van der Waals surface area (Å²) in [4.78, 5) is 0. The van der Waals surface area contributed by atoms with Crippen LogP contribution in [0.5, 0.6) is 0 Å². The molecule has 3 rings (SSSR count). The molecule has 3 aliphatic rings. The highest BCUT2D eigenvalue weighted by molar-refractivity contribution is 6.31. The van der Waals surface area contributed by atoms with E-state index in [1.165, 1.54) is 6.20 Å². The molecule has 0 aromatic heterocycles. The van der Waals surface area contributed by atoms with E-state index >= 15 is 0 Å². The van der Waals surface area contributed by atoms with Crippen molar-refractivity contribution in [1.29, 1.82) is 5.26 Å². The van der Waals surface area contributed by atoms with Gasteiger partial charge in [0.25, 0.3) is 0 Å². The molecule has 0 radical (unpaired) electrons. The fourth-order valence-corrected chi connectivity index (χ4v) is 3.09. The minimum atomic E-state index is -0.398. The lowest BCUT2D eigenvalue weighted by Gasteiger charge is -2.37. The van der Waals surface area contributed by atoms with Gasteiger partial charge in [-0.15, -0.1) is 0 Å². The average Bonchev–Trinajstić information content (AvgIpc) is 2.43. The summed E-state index contributed by atoms with van der Waals surface area (Å²) >= 11 is 6.11. The molecule has 1 spiro atoms. The maximum absolute atomic E-state index is 11.7. The van der Waals surface area contributed by atoms with Crippen molar-refractivity contribution in [2.24, 2.45) is 5.41 Å². The highest BCUT2D eigenvalue weighted by Crippen LogP contribution is 2.48. The molecule has 0 saturated heterocycles. The summed E-state index contributed by atoms with van der Waals surface area (Å²) in [6.07, 6.45) is 14.9. The molecule has 4 heteroatoms. The van der Waals surface area contributed by atoms with Crippen LogP contribution in [-0.2, 0) is 0 Å². The van der Waals surface area contributed by atoms with Gasteiger partial charge in [-0.1, -0.05) is 29.8 Å². The molecule has 0 N–H and O–H groups in total. The first-order valence-electron chi connectivity index (χ1n) is 6.51. The zero-order chi connectivity index (χ0) is 14.2. The quantitative estimate of drug-likeness (QED) is 0.573. The predicted octanol–water partition coefficient (Wildman–Crippen LogP) is 3.70. The van der Waals surface area contributed by atoms with Gasteiger partial charge in [0.1, 0.15) is 5.41 Å². The Morgan fingerprint density at radius 3 is 3.00 bits per heavy atom. The SMILES string of the molecule is N#CCCC1=CC2=CC(Cl)=CCC23C=[N+]([O-])C=CC3=C1. The van der Waals surface area contributed by atoms with Crippen molar-refractivity contribution in [3.63, 3.8) is 0 Å². The van der Waals surface area contributed by atoms with Gasteiger partial charge in [-0.25, -0.2) is 0 Å². The average molecular weight is 285 g/mol. The van der Waals surface area contributed by atoms with E-state index in [2.05, 4.69) is 18.2 Å². The topological polar surface area (TPSA) is 49.9 Å². The maximum atomic E-state index is 11.7. The van der Waals surface area contributed by atoms with E-state index in [-0.39, 0.29) is 0 Å². The summed E-state index contributed by atoms with van der Waals surface area (Å²) in [6, 6.07) is 2.16. The Morgan fingerprint density at radius 1 is 1.35 bits per heavy atom. The molecule has 3 nitrogen and oxygen atoms in total. The van der Waals surface area contributed by atoms with Gasteiger partial charge < -0.3 is 5.21 Å². The van der Waals surface area contributed by atoms with E-state index in [1.54, 1.807) is 6.21 Å². The Hall–Kier alpha value is -2.05. The van der Waals surface area contributed by atoms with Crippen LogP contribution in [0.4, 0.5) is 0 Å². The Balaban J connectivity index is 2.08. The van der Waals surface area contributed by atoms with Gasteiger partial charge in [-0.2, -0.15) is 10.0 Å². The van der Waals surface area contributed by atoms with Crippen LogP contribution in [0.2, 0.25) is 0 Å². The fraction of sp³-hybridized carbons (Fsp3) is 0.250. The van der Waals surface area contributed by atoms with Gasteiger partial charge >= 0.3 is 0 Å². The lowest BCUT2D eigenvalue weighted by Crippen LogP contribution is -2.34. The van der Waals surface area contributed by atoms with Crippen molar-refractivity contribution in [2.45, 2.75) is 19.3 Å². The molecule has 2 aliphatic carbocycles. The number of nitriles is 1. The molecule has 0 bridgehead atoms. The molecule has 100 valence electrons. The molecule has 0 fully saturated rings. The van der Waals surface area contributed by atoms with Crippen LogP contribution < -0.4 is 0 Å². The summed E-state index contributed by atoms with van der Waals surface area (Å²) in [6.45, 7) is 0. The van der Waals surface area contributed by atoms with Gasteiger partial charge in [0, 0.05) is 17.5 Å². The smallest absolute Gasteiger partial charge is 0.180 e. The number of nitrogens with zero attached hydrogens (tertiary/aromatic N) is 2. The molecule has 1 aliphatic heterocycles. The molecule has 1 atom stereocenters. The van der Waals surface area contributed by atoms with Gasteiger partial charge in [-0.05, 0) is 35.6 Å². The number of hydrogen-bond acceptors (Lipinski definition) is 2. The van der Waals surface area contributed by atoms with E-state index in [0.717, 1.165) is 21.5 Å². The van der Waals surface area contributed by atoms with Crippen LogP contribution in [0.15, 0.2) is 58.3 Å². The number of hydroxylamine groups is 1. The van der Waals surface area contributed by atoms with Crippen LogP contribution in [0.1, 0.15) is 19.3 Å². The summed E-state index contributed by atoms with van der Waals surface area (Å²) in [5.74, 6) is 0. The zero-order valence-electron chi connectivity index (χ0n) is 10.8. The molecular weight excluding hydrogens is 272 g/mol. The summed E-state index contributed by atoms with van der Waals surface area (Å²) in [5.41, 5.74) is 2.82. The zero-order valence-corrected chi connectivity index (χ0v) is 11.6. The van der Waals surface area contributed by atoms with Crippen LogP contribution in [0.3, 0.4) is 0 Å². The van der Waals surface area contributed by atoms with Crippen LogP contribution in [-0.4, -0.2) is 11.0 Å². The van der Waals surface area contributed by atoms with E-state index in [4.69, 9.17) is 16.9 Å². The van der Waals surface area contributed by atoms with Crippen molar-refractivity contribution < 1.29 is 4.74 Å². The summed E-state index contributed by atoms with van der Waals surface area (Å²) in [7, 11) is 0. The largest absolute Gasteiger partial charge is 0.619 e. The van der Waals surface area contributed by atoms with Gasteiger partial charge in [0.15, 0.2) is 12.4 Å². The molecule has 20 heavy (non-hydrogen) atoms. The van der Waals surface area contributed by atoms with Crippen molar-refractivity contribution in [3.8, 4) is 6.07 Å². The van der Waals surface area contributed by atoms with Crippen LogP contribution in [0.25, 0.3) is 0 Å². The van der Waals surface area contributed by atoms with Gasteiger partial charge in [0.2, 0.25) is 0 Å². The predicted molar refractivity (Wildman–Crippen MR) is 78.9 cm³/mol. The standard InChI is InChI=1S/C16H13ClN2O/c17-15-3-5-16-11-19(20)7-4-13(16)8-12(2-1-6-18)9-14(16)10-15/h3-4,7-11H,1-2,5H2. The monoisotopic (exact) mass is 284 g/mol. The molecule has 0 amide bonds. The molecule has 0 aromatic rings. The van der Waals surface area contributed by atoms with Gasteiger partial charge in [0.05, 0.1) is 6.07 Å². The highest BCUT2D eigenvalue weighted by Gasteiger charge is 2.42. The minimum absolute atomic E-state index is 0.398. The maximum Gasteiger partial charge on any atom is 0.180 e.